The molecule has 0 bridgehead atoms. The number of hydrogen-bond acceptors (Lipinski definition) is 4. The Balaban J connectivity index is 1.48. The van der Waals surface area contributed by atoms with Gasteiger partial charge in [0, 0.05) is 30.6 Å². The molecule has 1 atom stereocenters. The summed E-state index contributed by atoms with van der Waals surface area (Å²) in [6, 6.07) is 17.4. The van der Waals surface area contributed by atoms with E-state index in [2.05, 4.69) is 15.0 Å². The number of rotatable bonds is 9. The summed E-state index contributed by atoms with van der Waals surface area (Å²) < 4.78 is 27.4. The molecule has 0 aliphatic carbocycles. The molecule has 0 fully saturated rings. The maximum atomic E-state index is 12.5. The van der Waals surface area contributed by atoms with E-state index in [9.17, 15) is 18.0 Å². The van der Waals surface area contributed by atoms with Crippen molar-refractivity contribution in [2.45, 2.75) is 37.1 Å². The number of benzene rings is 2. The summed E-state index contributed by atoms with van der Waals surface area (Å²) in [7, 11) is -3.75. The zero-order chi connectivity index (χ0) is 21.6. The van der Waals surface area contributed by atoms with Gasteiger partial charge in [-0.15, -0.1) is 0 Å². The molecule has 7 nitrogen and oxygen atoms in total. The summed E-state index contributed by atoms with van der Waals surface area (Å²) in [5, 5.41) is 3.51. The van der Waals surface area contributed by atoms with Crippen molar-refractivity contribution in [3.63, 3.8) is 0 Å². The highest BCUT2D eigenvalue weighted by Gasteiger charge is 2.15. The molecule has 2 aromatic carbocycles. The topological polar surface area (TPSA) is 108 Å². The number of aromatic nitrogens is 1. The number of pyridine rings is 1. The largest absolute Gasteiger partial charge is 0.354 e. The van der Waals surface area contributed by atoms with E-state index in [0.717, 1.165) is 12.8 Å². The van der Waals surface area contributed by atoms with Gasteiger partial charge in [0.05, 0.1) is 4.90 Å². The molecule has 0 radical (unpaired) electrons. The van der Waals surface area contributed by atoms with Crippen molar-refractivity contribution < 1.29 is 13.2 Å². The molecule has 0 aliphatic heterocycles. The summed E-state index contributed by atoms with van der Waals surface area (Å²) in [6.07, 6.45) is 1.72. The van der Waals surface area contributed by atoms with Crippen LogP contribution in [0.5, 0.6) is 0 Å². The summed E-state index contributed by atoms with van der Waals surface area (Å²) in [6.45, 7) is 1.94. The van der Waals surface area contributed by atoms with Crippen molar-refractivity contribution >= 4 is 26.8 Å². The fourth-order valence-electron chi connectivity index (χ4n) is 3.13. The monoisotopic (exact) mass is 427 g/mol. The first-order chi connectivity index (χ1) is 14.3. The Morgan fingerprint density at radius 3 is 2.60 bits per heavy atom. The van der Waals surface area contributed by atoms with Gasteiger partial charge in [0.2, 0.25) is 21.5 Å². The minimum absolute atomic E-state index is 0.00282. The Morgan fingerprint density at radius 1 is 1.07 bits per heavy atom. The van der Waals surface area contributed by atoms with Gasteiger partial charge in [-0.25, -0.2) is 13.1 Å². The van der Waals surface area contributed by atoms with Crippen LogP contribution in [-0.2, 0) is 21.2 Å². The molecule has 3 N–H and O–H groups in total. The van der Waals surface area contributed by atoms with Crippen molar-refractivity contribution in [1.82, 2.24) is 15.0 Å². The van der Waals surface area contributed by atoms with Gasteiger partial charge in [-0.1, -0.05) is 30.3 Å². The third-order valence-corrected chi connectivity index (χ3v) is 6.22. The number of aromatic amines is 1. The molecule has 1 aromatic heterocycles. The van der Waals surface area contributed by atoms with Crippen molar-refractivity contribution in [1.29, 1.82) is 0 Å². The van der Waals surface area contributed by atoms with Crippen LogP contribution in [0.15, 0.2) is 70.4 Å². The predicted molar refractivity (Wildman–Crippen MR) is 117 cm³/mol. The van der Waals surface area contributed by atoms with Crippen LogP contribution in [0, 0.1) is 0 Å². The van der Waals surface area contributed by atoms with E-state index in [-0.39, 0.29) is 35.4 Å². The van der Waals surface area contributed by atoms with Gasteiger partial charge < -0.3 is 10.3 Å². The van der Waals surface area contributed by atoms with Crippen molar-refractivity contribution in [2.24, 2.45) is 0 Å². The number of amides is 1. The van der Waals surface area contributed by atoms with Crippen LogP contribution in [0.25, 0.3) is 10.9 Å². The van der Waals surface area contributed by atoms with Crippen LogP contribution in [-0.4, -0.2) is 31.9 Å². The maximum Gasteiger partial charge on any atom is 0.248 e. The normalized spacial score (nSPS) is 12.6. The number of hydrogen-bond donors (Lipinski definition) is 3. The first-order valence-electron chi connectivity index (χ1n) is 9.79. The number of sulfonamides is 1. The van der Waals surface area contributed by atoms with Gasteiger partial charge in [0.15, 0.2) is 0 Å². The zero-order valence-electron chi connectivity index (χ0n) is 16.7. The van der Waals surface area contributed by atoms with E-state index in [1.807, 2.05) is 37.3 Å². The van der Waals surface area contributed by atoms with E-state index in [1.165, 1.54) is 23.8 Å². The number of nitrogens with one attached hydrogen (secondary N) is 3. The zero-order valence-corrected chi connectivity index (χ0v) is 17.5. The Morgan fingerprint density at radius 2 is 1.83 bits per heavy atom. The Labute approximate surface area is 175 Å². The molecular formula is C22H25N3O4S. The average Bonchev–Trinajstić information content (AvgIpc) is 2.72. The van der Waals surface area contributed by atoms with Crippen LogP contribution in [0.4, 0.5) is 0 Å². The summed E-state index contributed by atoms with van der Waals surface area (Å²) >= 11 is 0. The summed E-state index contributed by atoms with van der Waals surface area (Å²) in [4.78, 5) is 26.2. The molecule has 1 heterocycles. The molecule has 8 heteroatoms. The number of carbonyl (C=O) groups excluding carboxylic acids is 1. The smallest absolute Gasteiger partial charge is 0.248 e. The number of aryl methyl sites for hydroxylation is 1. The van der Waals surface area contributed by atoms with Crippen molar-refractivity contribution in [2.75, 3.05) is 6.54 Å². The fourth-order valence-corrected chi connectivity index (χ4v) is 4.20. The Bertz CT molecular complexity index is 1170. The molecule has 30 heavy (non-hydrogen) atoms. The highest BCUT2D eigenvalue weighted by Crippen LogP contribution is 2.16. The van der Waals surface area contributed by atoms with E-state index in [4.69, 9.17) is 0 Å². The second-order valence-electron chi connectivity index (χ2n) is 7.21. The van der Waals surface area contributed by atoms with Gasteiger partial charge >= 0.3 is 0 Å². The van der Waals surface area contributed by atoms with Crippen LogP contribution in [0.3, 0.4) is 0 Å². The highest BCUT2D eigenvalue weighted by molar-refractivity contribution is 7.89. The highest BCUT2D eigenvalue weighted by atomic mass is 32.2. The van der Waals surface area contributed by atoms with Gasteiger partial charge in [-0.2, -0.15) is 0 Å². The second-order valence-corrected chi connectivity index (χ2v) is 8.98. The number of fused-ring (bicyclic) bond motifs is 1. The lowest BCUT2D eigenvalue weighted by Gasteiger charge is -2.14. The summed E-state index contributed by atoms with van der Waals surface area (Å²) in [5.41, 5.74) is 1.52. The lowest BCUT2D eigenvalue weighted by atomic mass is 10.1. The van der Waals surface area contributed by atoms with Gasteiger partial charge in [0.25, 0.3) is 0 Å². The molecule has 0 saturated carbocycles. The van der Waals surface area contributed by atoms with Gasteiger partial charge in [-0.05, 0) is 55.0 Å². The molecule has 0 aliphatic rings. The van der Waals surface area contributed by atoms with E-state index in [0.29, 0.717) is 10.9 Å². The van der Waals surface area contributed by atoms with E-state index >= 15 is 0 Å². The minimum Gasteiger partial charge on any atom is -0.354 e. The SMILES string of the molecule is C[C@H](CCc1ccccc1)NC(=O)CCNS(=O)(=O)c1ccc2[nH]c(=O)ccc2c1. The molecule has 0 spiro atoms. The third-order valence-electron chi connectivity index (χ3n) is 4.77. The van der Waals surface area contributed by atoms with Crippen molar-refractivity contribution in [3.8, 4) is 0 Å². The van der Waals surface area contributed by atoms with Gasteiger partial charge in [0.1, 0.15) is 0 Å². The summed E-state index contributed by atoms with van der Waals surface area (Å²) in [5.74, 6) is -0.200. The lowest BCUT2D eigenvalue weighted by Crippen LogP contribution is -2.35. The predicted octanol–water partition coefficient (Wildman–Crippen LogP) is 2.33. The molecule has 1 amide bonds. The molecule has 158 valence electrons. The lowest BCUT2D eigenvalue weighted by molar-refractivity contribution is -0.121. The third kappa shape index (κ3) is 6.01. The molecule has 3 aromatic rings. The fraction of sp³-hybridized carbons (Fsp3) is 0.273. The van der Waals surface area contributed by atoms with Crippen LogP contribution in [0.2, 0.25) is 0 Å². The minimum atomic E-state index is -3.75. The van der Waals surface area contributed by atoms with E-state index < -0.39 is 10.0 Å². The molecule has 0 saturated heterocycles. The Hall–Kier alpha value is -2.97. The van der Waals surface area contributed by atoms with Crippen molar-refractivity contribution in [3.05, 3.63) is 76.6 Å². The molecule has 0 unspecified atom stereocenters. The standard InChI is InChI=1S/C22H25N3O4S/c1-16(7-8-17-5-3-2-4-6-17)24-22(27)13-14-23-30(28,29)19-10-11-20-18(15-19)9-12-21(26)25-20/h2-6,9-12,15-16,23H,7-8,13-14H2,1H3,(H,24,27)(H,25,26)/t16-/m1/s1. The molecular weight excluding hydrogens is 402 g/mol. The van der Waals surface area contributed by atoms with Crippen LogP contribution >= 0.6 is 0 Å². The number of carbonyl (C=O) groups is 1. The maximum absolute atomic E-state index is 12.5. The van der Waals surface area contributed by atoms with Gasteiger partial charge in [-0.3, -0.25) is 9.59 Å². The number of H-pyrrole nitrogens is 1. The van der Waals surface area contributed by atoms with Crippen LogP contribution < -0.4 is 15.6 Å². The second kappa shape index (κ2) is 9.69. The molecule has 3 rings (SSSR count). The first kappa shape index (κ1) is 21.7. The Kier molecular flexibility index (Phi) is 7.02. The van der Waals surface area contributed by atoms with E-state index in [1.54, 1.807) is 12.1 Å². The van der Waals surface area contributed by atoms with Crippen LogP contribution in [0.1, 0.15) is 25.3 Å². The first-order valence-corrected chi connectivity index (χ1v) is 11.3. The average molecular weight is 428 g/mol. The quantitative estimate of drug-likeness (QED) is 0.487.